The lowest BCUT2D eigenvalue weighted by Gasteiger charge is -2.41. The first-order valence-electron chi connectivity index (χ1n) is 9.29. The van der Waals surface area contributed by atoms with Crippen LogP contribution in [-0.2, 0) is 0 Å². The normalized spacial score (nSPS) is 21.8. The molecule has 0 aromatic heterocycles. The molecule has 2 amide bonds. The fraction of sp³-hybridized carbons (Fsp3) is 0.550. The predicted octanol–water partition coefficient (Wildman–Crippen LogP) is 2.86. The van der Waals surface area contributed by atoms with Gasteiger partial charge in [-0.2, -0.15) is 0 Å². The highest BCUT2D eigenvalue weighted by atomic mass is 16.5. The van der Waals surface area contributed by atoms with Gasteiger partial charge >= 0.3 is 6.03 Å². The molecule has 0 saturated carbocycles. The molecule has 2 saturated heterocycles. The summed E-state index contributed by atoms with van der Waals surface area (Å²) in [6.45, 7) is 6.73. The van der Waals surface area contributed by atoms with Crippen molar-refractivity contribution in [3.8, 4) is 11.5 Å². The lowest BCUT2D eigenvalue weighted by molar-refractivity contribution is 0.143. The Hall–Kier alpha value is -2.21. The maximum atomic E-state index is 12.5. The second-order valence-electron chi connectivity index (χ2n) is 6.93. The van der Waals surface area contributed by atoms with E-state index in [9.17, 15) is 4.79 Å². The molecule has 2 aliphatic rings. The second-order valence-corrected chi connectivity index (χ2v) is 6.93. The van der Waals surface area contributed by atoms with Crippen molar-refractivity contribution in [2.45, 2.75) is 38.1 Å². The Labute approximate surface area is 155 Å². The lowest BCUT2D eigenvalue weighted by Crippen LogP contribution is -2.52. The fourth-order valence-corrected chi connectivity index (χ4v) is 4.20. The van der Waals surface area contributed by atoms with Crippen molar-refractivity contribution in [2.75, 3.05) is 33.9 Å². The summed E-state index contributed by atoms with van der Waals surface area (Å²) in [7, 11) is 3.32. The molecule has 0 radical (unpaired) electrons. The molecule has 1 spiro atoms. The minimum Gasteiger partial charge on any atom is -0.497 e. The number of carbonyl (C=O) groups is 1. The number of urea groups is 1. The number of piperidine rings is 1. The van der Waals surface area contributed by atoms with Gasteiger partial charge < -0.3 is 25.0 Å². The molecule has 2 fully saturated rings. The van der Waals surface area contributed by atoms with Gasteiger partial charge in [-0.1, -0.05) is 19.1 Å². The molecule has 2 heterocycles. The molecule has 0 unspecified atom stereocenters. The van der Waals surface area contributed by atoms with Crippen molar-refractivity contribution in [3.63, 3.8) is 0 Å². The molecule has 3 rings (SSSR count). The molecule has 1 aromatic carbocycles. The number of rotatable bonds is 5. The summed E-state index contributed by atoms with van der Waals surface area (Å²) in [5.74, 6) is 1.67. The average molecular weight is 359 g/mol. The van der Waals surface area contributed by atoms with E-state index in [1.54, 1.807) is 14.2 Å². The average Bonchev–Trinajstić information content (AvgIpc) is 2.91. The SMILES string of the molecule is CCN1C(=O)N/C(=C\[C@H](C)c2ccc(OC)cc2OC)C12CCNCC2. The van der Waals surface area contributed by atoms with E-state index in [0.29, 0.717) is 6.54 Å². The van der Waals surface area contributed by atoms with Crippen LogP contribution < -0.4 is 20.1 Å². The Bertz CT molecular complexity index is 696. The summed E-state index contributed by atoms with van der Waals surface area (Å²) in [5, 5.41) is 6.54. The number of carbonyl (C=O) groups excluding carboxylic acids is 1. The standard InChI is InChI=1S/C20H29N3O3/c1-5-23-19(24)22-18(20(23)8-10-21-11-9-20)12-14(2)16-7-6-15(25-3)13-17(16)26-4/h6-7,12-14,21H,5,8-11H2,1-4H3,(H,22,24)/b18-12-/t14-/m0/s1. The van der Waals surface area contributed by atoms with Gasteiger partial charge in [0.15, 0.2) is 0 Å². The van der Waals surface area contributed by atoms with Crippen molar-refractivity contribution in [1.29, 1.82) is 0 Å². The van der Waals surface area contributed by atoms with Gasteiger partial charge in [-0.3, -0.25) is 0 Å². The van der Waals surface area contributed by atoms with E-state index in [-0.39, 0.29) is 17.5 Å². The summed E-state index contributed by atoms with van der Waals surface area (Å²) in [6, 6.07) is 5.88. The monoisotopic (exact) mass is 359 g/mol. The van der Waals surface area contributed by atoms with E-state index < -0.39 is 0 Å². The van der Waals surface area contributed by atoms with E-state index in [4.69, 9.17) is 9.47 Å². The van der Waals surface area contributed by atoms with Crippen LogP contribution in [-0.4, -0.2) is 50.3 Å². The van der Waals surface area contributed by atoms with Crippen molar-refractivity contribution in [2.24, 2.45) is 0 Å². The van der Waals surface area contributed by atoms with E-state index in [2.05, 4.69) is 23.6 Å². The maximum absolute atomic E-state index is 12.5. The van der Waals surface area contributed by atoms with Crippen LogP contribution in [0.3, 0.4) is 0 Å². The van der Waals surface area contributed by atoms with Crippen molar-refractivity contribution >= 4 is 6.03 Å². The summed E-state index contributed by atoms with van der Waals surface area (Å²) < 4.78 is 10.8. The third-order valence-corrected chi connectivity index (χ3v) is 5.60. The lowest BCUT2D eigenvalue weighted by atomic mass is 9.82. The molecule has 1 aromatic rings. The summed E-state index contributed by atoms with van der Waals surface area (Å²) >= 11 is 0. The molecule has 0 bridgehead atoms. The smallest absolute Gasteiger partial charge is 0.322 e. The number of hydrogen-bond donors (Lipinski definition) is 2. The largest absolute Gasteiger partial charge is 0.497 e. The third-order valence-electron chi connectivity index (χ3n) is 5.60. The molecular formula is C20H29N3O3. The molecular weight excluding hydrogens is 330 g/mol. The number of nitrogens with one attached hydrogen (secondary N) is 2. The number of nitrogens with zero attached hydrogens (tertiary/aromatic N) is 1. The van der Waals surface area contributed by atoms with Crippen LogP contribution in [0, 0.1) is 0 Å². The molecule has 1 atom stereocenters. The Morgan fingerprint density at radius 3 is 2.62 bits per heavy atom. The van der Waals surface area contributed by atoms with E-state index in [1.165, 1.54) is 0 Å². The van der Waals surface area contributed by atoms with Gasteiger partial charge in [0, 0.05) is 29.8 Å². The Morgan fingerprint density at radius 2 is 2.00 bits per heavy atom. The predicted molar refractivity (Wildman–Crippen MR) is 102 cm³/mol. The highest BCUT2D eigenvalue weighted by Crippen LogP contribution is 2.39. The summed E-state index contributed by atoms with van der Waals surface area (Å²) in [6.07, 6.45) is 4.04. The number of hydrogen-bond acceptors (Lipinski definition) is 4. The van der Waals surface area contributed by atoms with Crippen LogP contribution in [0.25, 0.3) is 0 Å². The van der Waals surface area contributed by atoms with Crippen LogP contribution in [0.15, 0.2) is 30.0 Å². The summed E-state index contributed by atoms with van der Waals surface area (Å²) in [4.78, 5) is 14.5. The maximum Gasteiger partial charge on any atom is 0.322 e. The zero-order valence-electron chi connectivity index (χ0n) is 16.1. The Morgan fingerprint density at radius 1 is 1.27 bits per heavy atom. The van der Waals surface area contributed by atoms with Crippen molar-refractivity contribution in [3.05, 3.63) is 35.5 Å². The number of allylic oxidation sites excluding steroid dienone is 1. The van der Waals surface area contributed by atoms with Crippen molar-refractivity contribution in [1.82, 2.24) is 15.5 Å². The minimum absolute atomic E-state index is 0.00884. The van der Waals surface area contributed by atoms with Crippen LogP contribution in [0.1, 0.15) is 38.2 Å². The molecule has 26 heavy (non-hydrogen) atoms. The van der Waals surface area contributed by atoms with E-state index >= 15 is 0 Å². The van der Waals surface area contributed by atoms with E-state index in [1.807, 2.05) is 30.0 Å². The molecule has 2 aliphatic heterocycles. The zero-order valence-corrected chi connectivity index (χ0v) is 16.1. The Balaban J connectivity index is 1.96. The van der Waals surface area contributed by atoms with Gasteiger partial charge in [0.2, 0.25) is 0 Å². The van der Waals surface area contributed by atoms with Gasteiger partial charge in [0.25, 0.3) is 0 Å². The first kappa shape index (κ1) is 18.6. The first-order valence-corrected chi connectivity index (χ1v) is 9.29. The van der Waals surface area contributed by atoms with Gasteiger partial charge in [-0.25, -0.2) is 4.79 Å². The Kier molecular flexibility index (Phi) is 5.41. The highest BCUT2D eigenvalue weighted by molar-refractivity contribution is 5.82. The van der Waals surface area contributed by atoms with Crippen molar-refractivity contribution < 1.29 is 14.3 Å². The van der Waals surface area contributed by atoms with Crippen LogP contribution in [0.5, 0.6) is 11.5 Å². The molecule has 2 N–H and O–H groups in total. The number of amides is 2. The molecule has 0 aliphatic carbocycles. The first-order chi connectivity index (χ1) is 12.6. The second kappa shape index (κ2) is 7.58. The topological polar surface area (TPSA) is 62.8 Å². The molecule has 6 nitrogen and oxygen atoms in total. The number of likely N-dealkylation sites (N-methyl/N-ethyl adjacent to an activating group) is 1. The minimum atomic E-state index is -0.217. The van der Waals surface area contributed by atoms with Gasteiger partial charge in [-0.15, -0.1) is 0 Å². The quantitative estimate of drug-likeness (QED) is 0.849. The van der Waals surface area contributed by atoms with Crippen LogP contribution in [0.2, 0.25) is 0 Å². The number of methoxy groups -OCH3 is 2. The number of benzene rings is 1. The van der Waals surface area contributed by atoms with Gasteiger partial charge in [-0.05, 0) is 38.9 Å². The third kappa shape index (κ3) is 3.14. The number of ether oxygens (including phenoxy) is 2. The molecule has 6 heteroatoms. The fourth-order valence-electron chi connectivity index (χ4n) is 4.20. The summed E-state index contributed by atoms with van der Waals surface area (Å²) in [5.41, 5.74) is 1.88. The van der Waals surface area contributed by atoms with Crippen LogP contribution in [0.4, 0.5) is 4.79 Å². The van der Waals surface area contributed by atoms with Gasteiger partial charge in [0.05, 0.1) is 19.8 Å². The molecule has 142 valence electrons. The van der Waals surface area contributed by atoms with Crippen LogP contribution >= 0.6 is 0 Å². The van der Waals surface area contributed by atoms with E-state index in [0.717, 1.165) is 48.7 Å². The zero-order chi connectivity index (χ0) is 18.7. The highest BCUT2D eigenvalue weighted by Gasteiger charge is 2.49. The van der Waals surface area contributed by atoms with Gasteiger partial charge in [0.1, 0.15) is 11.5 Å².